The van der Waals surface area contributed by atoms with Gasteiger partial charge < -0.3 is 5.32 Å². The van der Waals surface area contributed by atoms with Gasteiger partial charge in [-0.15, -0.1) is 0 Å². The van der Waals surface area contributed by atoms with Crippen LogP contribution >= 0.6 is 11.6 Å². The van der Waals surface area contributed by atoms with Crippen molar-refractivity contribution in [2.45, 2.75) is 38.3 Å². The van der Waals surface area contributed by atoms with Crippen molar-refractivity contribution < 1.29 is 0 Å². The van der Waals surface area contributed by atoms with Crippen molar-refractivity contribution in [1.29, 1.82) is 0 Å². The molecule has 2 atom stereocenters. The summed E-state index contributed by atoms with van der Waals surface area (Å²) in [6.45, 7) is 4.48. The Morgan fingerprint density at radius 2 is 2.29 bits per heavy atom. The van der Waals surface area contributed by atoms with Gasteiger partial charge in [0.05, 0.1) is 0 Å². The molecule has 0 spiro atoms. The van der Waals surface area contributed by atoms with Crippen LogP contribution in [0.4, 0.5) is 0 Å². The molecule has 1 aliphatic heterocycles. The first-order chi connectivity index (χ1) is 6.60. The second-order valence-corrected chi connectivity index (χ2v) is 4.86. The normalized spacial score (nSPS) is 32.1. The summed E-state index contributed by atoms with van der Waals surface area (Å²) < 4.78 is 0. The first-order valence-corrected chi connectivity index (χ1v) is 5.52. The van der Waals surface area contributed by atoms with E-state index in [1.165, 1.54) is 18.4 Å². The van der Waals surface area contributed by atoms with Crippen molar-refractivity contribution in [3.8, 4) is 0 Å². The Hall–Kier alpha value is -0.530. The van der Waals surface area contributed by atoms with Gasteiger partial charge in [-0.25, -0.2) is 0 Å². The average Bonchev–Trinajstić information content (AvgIpc) is 2.48. The van der Waals surface area contributed by atoms with Gasteiger partial charge in [0.25, 0.3) is 0 Å². The molecule has 1 fully saturated rings. The Bertz CT molecular complexity index is 337. The zero-order valence-electron chi connectivity index (χ0n) is 8.68. The lowest BCUT2D eigenvalue weighted by Crippen LogP contribution is -2.36. The topological polar surface area (TPSA) is 12.0 Å². The molecule has 0 amide bonds. The number of hydrogen-bond acceptors (Lipinski definition) is 1. The maximum atomic E-state index is 5.99. The zero-order valence-corrected chi connectivity index (χ0v) is 9.43. The van der Waals surface area contributed by atoms with Gasteiger partial charge in [0, 0.05) is 16.6 Å². The predicted octanol–water partition coefficient (Wildman–Crippen LogP) is 3.33. The van der Waals surface area contributed by atoms with Crippen LogP contribution in [0.2, 0.25) is 5.02 Å². The molecule has 0 saturated carbocycles. The number of hydrogen-bond donors (Lipinski definition) is 1. The summed E-state index contributed by atoms with van der Waals surface area (Å²) >= 11 is 5.99. The summed E-state index contributed by atoms with van der Waals surface area (Å²) in [5.74, 6) is 0. The van der Waals surface area contributed by atoms with E-state index in [0.717, 1.165) is 5.02 Å². The van der Waals surface area contributed by atoms with E-state index in [0.29, 0.717) is 6.04 Å². The molecule has 1 aromatic carbocycles. The standard InChI is InChI=1S/C12H16ClN/c1-9-6-7-12(2,14-9)10-4-3-5-11(13)8-10/h3-5,8-9,14H,6-7H2,1-2H3. The highest BCUT2D eigenvalue weighted by atomic mass is 35.5. The van der Waals surface area contributed by atoms with E-state index in [1.54, 1.807) is 0 Å². The third-order valence-corrected chi connectivity index (χ3v) is 3.34. The van der Waals surface area contributed by atoms with Crippen molar-refractivity contribution >= 4 is 11.6 Å². The van der Waals surface area contributed by atoms with Gasteiger partial charge in [0.2, 0.25) is 0 Å². The van der Waals surface area contributed by atoms with Crippen LogP contribution in [0.1, 0.15) is 32.3 Å². The lowest BCUT2D eigenvalue weighted by Gasteiger charge is -2.26. The molecule has 1 N–H and O–H groups in total. The lowest BCUT2D eigenvalue weighted by molar-refractivity contribution is 0.413. The van der Waals surface area contributed by atoms with Gasteiger partial charge >= 0.3 is 0 Å². The largest absolute Gasteiger partial charge is 0.305 e. The molecule has 76 valence electrons. The fraction of sp³-hybridized carbons (Fsp3) is 0.500. The second kappa shape index (κ2) is 3.56. The molecule has 0 bridgehead atoms. The first kappa shape index (κ1) is 10.0. The number of halogens is 1. The maximum Gasteiger partial charge on any atom is 0.0409 e. The van der Waals surface area contributed by atoms with E-state index in [2.05, 4.69) is 31.3 Å². The highest BCUT2D eigenvalue weighted by Crippen LogP contribution is 2.33. The van der Waals surface area contributed by atoms with Crippen LogP contribution in [-0.2, 0) is 5.54 Å². The number of nitrogens with one attached hydrogen (secondary N) is 1. The van der Waals surface area contributed by atoms with Crippen LogP contribution in [0.25, 0.3) is 0 Å². The van der Waals surface area contributed by atoms with Gasteiger partial charge in [-0.05, 0) is 44.4 Å². The summed E-state index contributed by atoms with van der Waals surface area (Å²) in [6.07, 6.45) is 2.43. The van der Waals surface area contributed by atoms with Crippen molar-refractivity contribution in [3.05, 3.63) is 34.9 Å². The SMILES string of the molecule is CC1CCC(C)(c2cccc(Cl)c2)N1. The Balaban J connectivity index is 2.30. The van der Waals surface area contributed by atoms with E-state index in [4.69, 9.17) is 11.6 Å². The fourth-order valence-corrected chi connectivity index (χ4v) is 2.44. The molecular weight excluding hydrogens is 194 g/mol. The Kier molecular flexibility index (Phi) is 2.54. The van der Waals surface area contributed by atoms with E-state index >= 15 is 0 Å². The first-order valence-electron chi connectivity index (χ1n) is 5.14. The molecular formula is C12H16ClN. The molecule has 2 heteroatoms. The minimum absolute atomic E-state index is 0.115. The summed E-state index contributed by atoms with van der Waals surface area (Å²) in [6, 6.07) is 8.77. The molecule has 1 saturated heterocycles. The van der Waals surface area contributed by atoms with Crippen LogP contribution < -0.4 is 5.32 Å². The fourth-order valence-electron chi connectivity index (χ4n) is 2.25. The van der Waals surface area contributed by atoms with Crippen LogP contribution in [0, 0.1) is 0 Å². The van der Waals surface area contributed by atoms with Gasteiger partial charge in [-0.2, -0.15) is 0 Å². The van der Waals surface area contributed by atoms with E-state index in [9.17, 15) is 0 Å². The smallest absolute Gasteiger partial charge is 0.0409 e. The van der Waals surface area contributed by atoms with Crippen LogP contribution in [0.15, 0.2) is 24.3 Å². The lowest BCUT2D eigenvalue weighted by atomic mass is 9.91. The third-order valence-electron chi connectivity index (χ3n) is 3.10. The van der Waals surface area contributed by atoms with E-state index < -0.39 is 0 Å². The van der Waals surface area contributed by atoms with E-state index in [1.807, 2.05) is 12.1 Å². The van der Waals surface area contributed by atoms with Crippen LogP contribution in [0.5, 0.6) is 0 Å². The molecule has 0 aliphatic carbocycles. The monoisotopic (exact) mass is 209 g/mol. The van der Waals surface area contributed by atoms with Crippen LogP contribution in [0.3, 0.4) is 0 Å². The number of benzene rings is 1. The van der Waals surface area contributed by atoms with Gasteiger partial charge in [0.1, 0.15) is 0 Å². The molecule has 14 heavy (non-hydrogen) atoms. The Morgan fingerprint density at radius 1 is 1.50 bits per heavy atom. The summed E-state index contributed by atoms with van der Waals surface area (Å²) in [5, 5.41) is 4.44. The third kappa shape index (κ3) is 1.79. The summed E-state index contributed by atoms with van der Waals surface area (Å²) in [5.41, 5.74) is 1.42. The molecule has 1 aromatic rings. The van der Waals surface area contributed by atoms with Gasteiger partial charge in [-0.1, -0.05) is 23.7 Å². The van der Waals surface area contributed by atoms with Gasteiger partial charge in [0.15, 0.2) is 0 Å². The molecule has 0 radical (unpaired) electrons. The van der Waals surface area contributed by atoms with E-state index in [-0.39, 0.29) is 5.54 Å². The number of rotatable bonds is 1. The Labute approximate surface area is 90.5 Å². The minimum Gasteiger partial charge on any atom is -0.305 e. The molecule has 1 heterocycles. The summed E-state index contributed by atoms with van der Waals surface area (Å²) in [7, 11) is 0. The molecule has 1 nitrogen and oxygen atoms in total. The zero-order chi connectivity index (χ0) is 10.2. The molecule has 2 unspecified atom stereocenters. The minimum atomic E-state index is 0.115. The highest BCUT2D eigenvalue weighted by Gasteiger charge is 2.33. The summed E-state index contributed by atoms with van der Waals surface area (Å²) in [4.78, 5) is 0. The molecule has 1 aliphatic rings. The molecule has 2 rings (SSSR count). The maximum absolute atomic E-state index is 5.99. The average molecular weight is 210 g/mol. The van der Waals surface area contributed by atoms with Crippen molar-refractivity contribution in [2.75, 3.05) is 0 Å². The van der Waals surface area contributed by atoms with Crippen molar-refractivity contribution in [3.63, 3.8) is 0 Å². The predicted molar refractivity (Wildman–Crippen MR) is 60.6 cm³/mol. The van der Waals surface area contributed by atoms with Crippen molar-refractivity contribution in [2.24, 2.45) is 0 Å². The van der Waals surface area contributed by atoms with Crippen molar-refractivity contribution in [1.82, 2.24) is 5.32 Å². The highest BCUT2D eigenvalue weighted by molar-refractivity contribution is 6.30. The Morgan fingerprint density at radius 3 is 2.86 bits per heavy atom. The quantitative estimate of drug-likeness (QED) is 0.748. The second-order valence-electron chi connectivity index (χ2n) is 4.43. The van der Waals surface area contributed by atoms with Crippen LogP contribution in [-0.4, -0.2) is 6.04 Å². The van der Waals surface area contributed by atoms with Gasteiger partial charge in [-0.3, -0.25) is 0 Å². The molecule has 0 aromatic heterocycles.